The standard InChI is InChI=1S/C30H47N7O7S2/c1-13-14-22(38)31-30(9,10)28(5,6)26(39)32-29(7,8)27(3,4)25-34-33-24-23(18(2)35-37(24)25)44-21-16-15-19(45(11,40)41)17-20(21)36-46(12,42)43/h15-17,35-36H,13-14H2,1-12H3,(H,31,38)(H,32,39). The van der Waals surface area contributed by atoms with Crippen molar-refractivity contribution in [2.75, 3.05) is 17.2 Å². The second-order valence-electron chi connectivity index (χ2n) is 13.9. The molecule has 3 rings (SSSR count). The molecule has 0 unspecified atom stereocenters. The Morgan fingerprint density at radius 3 is 2.09 bits per heavy atom. The summed E-state index contributed by atoms with van der Waals surface area (Å²) in [4.78, 5) is 26.1. The van der Waals surface area contributed by atoms with Crippen LogP contribution < -0.4 is 20.1 Å². The number of sulfonamides is 1. The van der Waals surface area contributed by atoms with Gasteiger partial charge in [-0.3, -0.25) is 19.4 Å². The fourth-order valence-corrected chi connectivity index (χ4v) is 5.83. The molecule has 4 N–H and O–H groups in total. The molecule has 0 spiro atoms. The number of anilines is 1. The van der Waals surface area contributed by atoms with Gasteiger partial charge in [-0.25, -0.2) is 21.4 Å². The molecule has 0 atom stereocenters. The van der Waals surface area contributed by atoms with E-state index in [0.717, 1.165) is 12.5 Å². The number of nitrogens with one attached hydrogen (secondary N) is 4. The number of rotatable bonds is 13. The molecule has 0 aliphatic carbocycles. The third-order valence-corrected chi connectivity index (χ3v) is 10.7. The van der Waals surface area contributed by atoms with Crippen LogP contribution in [0.5, 0.6) is 11.5 Å². The van der Waals surface area contributed by atoms with Gasteiger partial charge in [0.25, 0.3) is 0 Å². The molecular weight excluding hydrogens is 635 g/mol. The monoisotopic (exact) mass is 681 g/mol. The van der Waals surface area contributed by atoms with E-state index in [4.69, 9.17) is 4.74 Å². The smallest absolute Gasteiger partial charge is 0.229 e. The Balaban J connectivity index is 1.99. The number of H-pyrrole nitrogens is 1. The van der Waals surface area contributed by atoms with Crippen LogP contribution >= 0.6 is 0 Å². The zero-order chi connectivity index (χ0) is 35.3. The predicted octanol–water partition coefficient (Wildman–Crippen LogP) is 3.83. The van der Waals surface area contributed by atoms with Crippen molar-refractivity contribution in [1.29, 1.82) is 0 Å². The van der Waals surface area contributed by atoms with Gasteiger partial charge in [0.05, 0.1) is 27.9 Å². The van der Waals surface area contributed by atoms with Crippen molar-refractivity contribution in [3.63, 3.8) is 0 Å². The third-order valence-electron chi connectivity index (χ3n) is 8.98. The fraction of sp³-hybridized carbons (Fsp3) is 0.600. The summed E-state index contributed by atoms with van der Waals surface area (Å²) in [6.45, 7) is 18.5. The third kappa shape index (κ3) is 7.32. The average Bonchev–Trinajstić information content (AvgIpc) is 3.41. The van der Waals surface area contributed by atoms with E-state index in [1.165, 1.54) is 18.2 Å². The van der Waals surface area contributed by atoms with Gasteiger partial charge in [0.15, 0.2) is 27.2 Å². The molecular formula is C30H47N7O7S2. The molecule has 0 aliphatic heterocycles. The van der Waals surface area contributed by atoms with Gasteiger partial charge in [-0.1, -0.05) is 20.8 Å². The van der Waals surface area contributed by atoms with Crippen LogP contribution in [0.2, 0.25) is 0 Å². The van der Waals surface area contributed by atoms with Crippen LogP contribution in [0.4, 0.5) is 5.69 Å². The number of aromatic amines is 1. The molecule has 2 aromatic heterocycles. The topological polar surface area (TPSA) is 194 Å². The molecule has 0 saturated carbocycles. The van der Waals surface area contributed by atoms with Crippen LogP contribution in [0.1, 0.15) is 86.7 Å². The Morgan fingerprint density at radius 1 is 0.935 bits per heavy atom. The number of aromatic nitrogens is 4. The Kier molecular flexibility index (Phi) is 9.74. The number of ether oxygens (including phenoxy) is 1. The number of fused-ring (bicyclic) bond motifs is 1. The number of carbonyl (C=O) groups is 2. The summed E-state index contributed by atoms with van der Waals surface area (Å²) in [5, 5.41) is 18.2. The SMILES string of the molecule is CCCC(=O)NC(C)(C)C(C)(C)C(=O)NC(C)(C)C(C)(C)c1nnc2c(Oc3ccc(S(C)(=O)=O)cc3NS(C)(=O)=O)c(C)[nH]n12. The van der Waals surface area contributed by atoms with Crippen LogP contribution in [-0.4, -0.2) is 72.1 Å². The van der Waals surface area contributed by atoms with Crippen molar-refractivity contribution < 1.29 is 31.2 Å². The molecule has 46 heavy (non-hydrogen) atoms. The molecule has 0 bridgehead atoms. The minimum absolute atomic E-state index is 0.0507. The van der Waals surface area contributed by atoms with Gasteiger partial charge in [-0.05, 0) is 73.1 Å². The Bertz CT molecular complexity index is 1870. The normalized spacial score (nSPS) is 13.5. The molecule has 256 valence electrons. The van der Waals surface area contributed by atoms with E-state index in [1.807, 2.05) is 48.5 Å². The van der Waals surface area contributed by atoms with E-state index >= 15 is 0 Å². The number of nitrogens with zero attached hydrogens (tertiary/aromatic N) is 3. The first-order chi connectivity index (χ1) is 20.7. The van der Waals surface area contributed by atoms with E-state index < -0.39 is 41.8 Å². The zero-order valence-electron chi connectivity index (χ0n) is 28.7. The summed E-state index contributed by atoms with van der Waals surface area (Å²) in [7, 11) is -7.42. The van der Waals surface area contributed by atoms with Gasteiger partial charge in [0.2, 0.25) is 27.5 Å². The van der Waals surface area contributed by atoms with Crippen LogP contribution in [0, 0.1) is 12.3 Å². The van der Waals surface area contributed by atoms with Crippen molar-refractivity contribution in [2.45, 2.75) is 103 Å². The van der Waals surface area contributed by atoms with Gasteiger partial charge in [-0.15, -0.1) is 10.2 Å². The first-order valence-electron chi connectivity index (χ1n) is 14.8. The summed E-state index contributed by atoms with van der Waals surface area (Å²) in [6.07, 6.45) is 3.03. The van der Waals surface area contributed by atoms with Crippen molar-refractivity contribution >= 4 is 43.0 Å². The summed E-state index contributed by atoms with van der Waals surface area (Å²) >= 11 is 0. The van der Waals surface area contributed by atoms with E-state index in [1.54, 1.807) is 25.3 Å². The predicted molar refractivity (Wildman–Crippen MR) is 176 cm³/mol. The van der Waals surface area contributed by atoms with Gasteiger partial charge in [0.1, 0.15) is 0 Å². The minimum atomic E-state index is -3.78. The molecule has 0 fully saturated rings. The molecule has 16 heteroatoms. The highest BCUT2D eigenvalue weighted by Gasteiger charge is 2.49. The number of amides is 2. The lowest BCUT2D eigenvalue weighted by Crippen LogP contribution is -2.64. The fourth-order valence-electron chi connectivity index (χ4n) is 4.62. The molecule has 1 aromatic carbocycles. The second kappa shape index (κ2) is 12.2. The summed E-state index contributed by atoms with van der Waals surface area (Å²) in [5.74, 6) is 0.384. The maximum Gasteiger partial charge on any atom is 0.229 e. The lowest BCUT2D eigenvalue weighted by molar-refractivity contribution is -0.137. The van der Waals surface area contributed by atoms with Crippen LogP contribution in [0.15, 0.2) is 23.1 Å². The first kappa shape index (κ1) is 36.8. The summed E-state index contributed by atoms with van der Waals surface area (Å²) in [5.41, 5.74) is -2.79. The molecule has 0 saturated heterocycles. The number of benzene rings is 1. The van der Waals surface area contributed by atoms with E-state index in [-0.39, 0.29) is 33.9 Å². The Morgan fingerprint density at radius 2 is 1.54 bits per heavy atom. The number of carbonyl (C=O) groups excluding carboxylic acids is 2. The lowest BCUT2D eigenvalue weighted by Gasteiger charge is -2.46. The number of sulfone groups is 1. The Hall–Kier alpha value is -3.66. The molecule has 2 heterocycles. The van der Waals surface area contributed by atoms with Crippen LogP contribution in [0.3, 0.4) is 0 Å². The number of hydrogen-bond acceptors (Lipinski definition) is 9. The van der Waals surface area contributed by atoms with Gasteiger partial charge >= 0.3 is 0 Å². The van der Waals surface area contributed by atoms with E-state index in [0.29, 0.717) is 30.0 Å². The maximum absolute atomic E-state index is 13.8. The Labute approximate surface area is 271 Å². The van der Waals surface area contributed by atoms with Crippen molar-refractivity contribution in [3.05, 3.63) is 29.7 Å². The summed E-state index contributed by atoms with van der Waals surface area (Å²) in [6, 6.07) is 3.87. The van der Waals surface area contributed by atoms with Crippen LogP contribution in [-0.2, 0) is 34.9 Å². The highest BCUT2D eigenvalue weighted by Crippen LogP contribution is 2.40. The molecule has 3 aromatic rings. The van der Waals surface area contributed by atoms with Crippen LogP contribution in [0.25, 0.3) is 5.65 Å². The van der Waals surface area contributed by atoms with Crippen molar-refractivity contribution in [1.82, 2.24) is 30.4 Å². The lowest BCUT2D eigenvalue weighted by atomic mass is 9.70. The quantitative estimate of drug-likeness (QED) is 0.207. The van der Waals surface area contributed by atoms with E-state index in [2.05, 4.69) is 30.7 Å². The number of aryl methyl sites for hydroxylation is 1. The first-order valence-corrected chi connectivity index (χ1v) is 18.6. The highest BCUT2D eigenvalue weighted by atomic mass is 32.2. The maximum atomic E-state index is 13.8. The van der Waals surface area contributed by atoms with Crippen molar-refractivity contribution in [2.24, 2.45) is 5.41 Å². The average molecular weight is 682 g/mol. The van der Waals surface area contributed by atoms with Gasteiger partial charge < -0.3 is 15.4 Å². The summed E-state index contributed by atoms with van der Waals surface area (Å²) < 4.78 is 58.5. The van der Waals surface area contributed by atoms with Crippen molar-refractivity contribution in [3.8, 4) is 11.5 Å². The van der Waals surface area contributed by atoms with Gasteiger partial charge in [-0.2, -0.15) is 0 Å². The molecule has 0 radical (unpaired) electrons. The molecule has 0 aliphatic rings. The largest absolute Gasteiger partial charge is 0.449 e. The van der Waals surface area contributed by atoms with E-state index in [9.17, 15) is 26.4 Å². The minimum Gasteiger partial charge on any atom is -0.449 e. The zero-order valence-corrected chi connectivity index (χ0v) is 30.3. The molecule has 14 nitrogen and oxygen atoms in total. The molecule has 2 amide bonds. The number of hydrogen-bond donors (Lipinski definition) is 4. The van der Waals surface area contributed by atoms with Gasteiger partial charge in [0, 0.05) is 29.2 Å². The highest BCUT2D eigenvalue weighted by molar-refractivity contribution is 7.92. The second-order valence-corrected chi connectivity index (χ2v) is 17.7.